The Balaban J connectivity index is 2.43. The van der Waals surface area contributed by atoms with Gasteiger partial charge in [-0.2, -0.15) is 0 Å². The van der Waals surface area contributed by atoms with Gasteiger partial charge in [-0.3, -0.25) is 4.98 Å². The molecule has 0 aromatic carbocycles. The van der Waals surface area contributed by atoms with Crippen molar-refractivity contribution in [2.75, 3.05) is 18.5 Å². The molecule has 0 atom stereocenters. The van der Waals surface area contributed by atoms with Gasteiger partial charge < -0.3 is 10.1 Å². The van der Waals surface area contributed by atoms with E-state index in [-0.39, 0.29) is 0 Å². The van der Waals surface area contributed by atoms with Crippen LogP contribution in [0.15, 0.2) is 12.3 Å². The fourth-order valence-corrected chi connectivity index (χ4v) is 1.06. The van der Waals surface area contributed by atoms with E-state index in [1.165, 1.54) is 0 Å². The van der Waals surface area contributed by atoms with E-state index >= 15 is 0 Å². The Morgan fingerprint density at radius 3 is 3.45 bits per heavy atom. The van der Waals surface area contributed by atoms with E-state index in [4.69, 9.17) is 12.6 Å². The number of fused-ring (bicyclic) bond motifs is 1. The number of hydrogen-bond donors (Lipinski definition) is 1. The zero-order chi connectivity index (χ0) is 7.68. The summed E-state index contributed by atoms with van der Waals surface area (Å²) in [5, 5.41) is 3.16. The maximum absolute atomic E-state index is 5.48. The molecule has 2 heterocycles. The quantitative estimate of drug-likeness (QED) is 0.509. The van der Waals surface area contributed by atoms with Gasteiger partial charge in [-0.05, 0) is 11.7 Å². The van der Waals surface area contributed by atoms with E-state index < -0.39 is 0 Å². The Labute approximate surface area is 66.2 Å². The molecule has 0 spiro atoms. The standard InChI is InChI=1S/C7H7BN2O/c8-7-3-5-6(4-10-7)11-2-1-9-5/h3-4,9H,1-2H2. The largest absolute Gasteiger partial charge is 0.488 e. The Morgan fingerprint density at radius 1 is 1.64 bits per heavy atom. The number of anilines is 1. The fraction of sp³-hybridized carbons (Fsp3) is 0.286. The van der Waals surface area contributed by atoms with E-state index in [1.807, 2.05) is 0 Å². The third kappa shape index (κ3) is 1.16. The second-order valence-electron chi connectivity index (χ2n) is 2.38. The van der Waals surface area contributed by atoms with Crippen molar-refractivity contribution in [2.24, 2.45) is 0 Å². The topological polar surface area (TPSA) is 34.1 Å². The van der Waals surface area contributed by atoms with Gasteiger partial charge in [0, 0.05) is 6.54 Å². The molecule has 2 radical (unpaired) electrons. The zero-order valence-electron chi connectivity index (χ0n) is 6.00. The highest BCUT2D eigenvalue weighted by atomic mass is 16.5. The Hall–Kier alpha value is -1.19. The minimum Gasteiger partial charge on any atom is -0.488 e. The lowest BCUT2D eigenvalue weighted by Gasteiger charge is -2.18. The van der Waals surface area contributed by atoms with Gasteiger partial charge in [0.25, 0.3) is 0 Å². The van der Waals surface area contributed by atoms with Gasteiger partial charge in [-0.25, -0.2) is 0 Å². The predicted octanol–water partition coefficient (Wildman–Crippen LogP) is -0.320. The molecule has 54 valence electrons. The Morgan fingerprint density at radius 2 is 2.55 bits per heavy atom. The van der Waals surface area contributed by atoms with Crippen molar-refractivity contribution in [1.82, 2.24) is 4.98 Å². The van der Waals surface area contributed by atoms with Gasteiger partial charge >= 0.3 is 0 Å². The van der Waals surface area contributed by atoms with Crippen molar-refractivity contribution in [1.29, 1.82) is 0 Å². The molecule has 2 rings (SSSR count). The first-order valence-corrected chi connectivity index (χ1v) is 3.48. The van der Waals surface area contributed by atoms with E-state index in [1.54, 1.807) is 12.3 Å². The van der Waals surface area contributed by atoms with E-state index in [9.17, 15) is 0 Å². The lowest BCUT2D eigenvalue weighted by Crippen LogP contribution is -2.20. The zero-order valence-corrected chi connectivity index (χ0v) is 6.00. The van der Waals surface area contributed by atoms with Crippen LogP contribution in [0.4, 0.5) is 5.69 Å². The van der Waals surface area contributed by atoms with Crippen LogP contribution < -0.4 is 15.6 Å². The lowest BCUT2D eigenvalue weighted by molar-refractivity contribution is 0.322. The van der Waals surface area contributed by atoms with Crippen molar-refractivity contribution in [3.63, 3.8) is 0 Å². The molecule has 1 aliphatic heterocycles. The minimum absolute atomic E-state index is 0.516. The van der Waals surface area contributed by atoms with Gasteiger partial charge in [0.2, 0.25) is 0 Å². The van der Waals surface area contributed by atoms with Crippen LogP contribution in [0.25, 0.3) is 0 Å². The molecule has 0 unspecified atom stereocenters. The third-order valence-corrected chi connectivity index (χ3v) is 1.56. The van der Waals surface area contributed by atoms with Crippen LogP contribution in [0.2, 0.25) is 0 Å². The number of hydrogen-bond acceptors (Lipinski definition) is 3. The van der Waals surface area contributed by atoms with E-state index in [0.717, 1.165) is 18.0 Å². The molecule has 0 saturated carbocycles. The summed E-state index contributed by atoms with van der Waals surface area (Å²) < 4.78 is 5.30. The molecule has 0 fully saturated rings. The van der Waals surface area contributed by atoms with Gasteiger partial charge in [0.1, 0.15) is 14.5 Å². The molecule has 0 bridgehead atoms. The average molecular weight is 146 g/mol. The van der Waals surface area contributed by atoms with Crippen LogP contribution in [-0.2, 0) is 0 Å². The van der Waals surface area contributed by atoms with Crippen LogP contribution >= 0.6 is 0 Å². The molecule has 3 nitrogen and oxygen atoms in total. The highest BCUT2D eigenvalue weighted by Crippen LogP contribution is 2.23. The third-order valence-electron chi connectivity index (χ3n) is 1.56. The van der Waals surface area contributed by atoms with Gasteiger partial charge in [0.05, 0.1) is 11.9 Å². The van der Waals surface area contributed by atoms with Crippen LogP contribution in [0.1, 0.15) is 0 Å². The molecule has 1 aliphatic rings. The molecule has 1 aromatic rings. The fourth-order valence-electron chi connectivity index (χ4n) is 1.06. The van der Waals surface area contributed by atoms with Crippen molar-refractivity contribution < 1.29 is 4.74 Å². The molecule has 0 amide bonds. The smallest absolute Gasteiger partial charge is 0.160 e. The van der Waals surface area contributed by atoms with Crippen molar-refractivity contribution >= 4 is 19.1 Å². The summed E-state index contributed by atoms with van der Waals surface area (Å²) in [5.74, 6) is 0.783. The molecule has 4 heteroatoms. The molecule has 0 aliphatic carbocycles. The van der Waals surface area contributed by atoms with Crippen molar-refractivity contribution in [2.45, 2.75) is 0 Å². The highest BCUT2D eigenvalue weighted by molar-refractivity contribution is 6.30. The first kappa shape index (κ1) is 6.52. The van der Waals surface area contributed by atoms with Crippen LogP contribution in [-0.4, -0.2) is 26.0 Å². The van der Waals surface area contributed by atoms with Gasteiger partial charge in [0.15, 0.2) is 5.75 Å². The first-order valence-electron chi connectivity index (χ1n) is 3.48. The van der Waals surface area contributed by atoms with Crippen LogP contribution in [0.5, 0.6) is 5.75 Å². The predicted molar refractivity (Wildman–Crippen MR) is 43.6 cm³/mol. The summed E-state index contributed by atoms with van der Waals surface area (Å²) >= 11 is 0. The normalized spacial score (nSPS) is 14.5. The summed E-state index contributed by atoms with van der Waals surface area (Å²) in [4.78, 5) is 3.91. The summed E-state index contributed by atoms with van der Waals surface area (Å²) in [6.45, 7) is 1.52. The Bertz CT molecular complexity index is 277. The SMILES string of the molecule is [B]c1cc2c(cn1)OCCN2. The molecule has 1 aromatic heterocycles. The van der Waals surface area contributed by atoms with E-state index in [0.29, 0.717) is 12.2 Å². The van der Waals surface area contributed by atoms with Crippen molar-refractivity contribution in [3.05, 3.63) is 12.3 Å². The number of nitrogens with zero attached hydrogens (tertiary/aromatic N) is 1. The average Bonchev–Trinajstić information content (AvgIpc) is 2.04. The second-order valence-corrected chi connectivity index (χ2v) is 2.38. The number of pyridine rings is 1. The maximum atomic E-state index is 5.48. The summed E-state index contributed by atoms with van der Waals surface area (Å²) in [7, 11) is 5.48. The molecule has 1 N–H and O–H groups in total. The number of rotatable bonds is 0. The van der Waals surface area contributed by atoms with Crippen LogP contribution in [0.3, 0.4) is 0 Å². The molecule has 11 heavy (non-hydrogen) atoms. The number of nitrogens with one attached hydrogen (secondary N) is 1. The molecular weight excluding hydrogens is 139 g/mol. The second kappa shape index (κ2) is 2.45. The highest BCUT2D eigenvalue weighted by Gasteiger charge is 2.08. The number of aromatic nitrogens is 1. The monoisotopic (exact) mass is 146 g/mol. The maximum Gasteiger partial charge on any atom is 0.160 e. The molecule has 0 saturated heterocycles. The van der Waals surface area contributed by atoms with Crippen LogP contribution in [0, 0.1) is 0 Å². The Kier molecular flexibility index (Phi) is 1.45. The first-order chi connectivity index (χ1) is 5.36. The van der Waals surface area contributed by atoms with Gasteiger partial charge in [-0.15, -0.1) is 0 Å². The minimum atomic E-state index is 0.516. The summed E-state index contributed by atoms with van der Waals surface area (Å²) in [6, 6.07) is 1.77. The van der Waals surface area contributed by atoms with Gasteiger partial charge in [-0.1, -0.05) is 0 Å². The summed E-state index contributed by atoms with van der Waals surface area (Å²) in [6.07, 6.45) is 1.64. The lowest BCUT2D eigenvalue weighted by atomic mass is 10.0. The molecular formula is C7H7BN2O. The number of ether oxygens (including phenoxy) is 1. The van der Waals surface area contributed by atoms with Crippen molar-refractivity contribution in [3.8, 4) is 5.75 Å². The summed E-state index contributed by atoms with van der Waals surface area (Å²) in [5.41, 5.74) is 1.45. The van der Waals surface area contributed by atoms with E-state index in [2.05, 4.69) is 10.3 Å².